The van der Waals surface area contributed by atoms with Crippen LogP contribution in [0.25, 0.3) is 11.3 Å². The molecule has 94 valence electrons. The zero-order chi connectivity index (χ0) is 13.0. The highest BCUT2D eigenvalue weighted by molar-refractivity contribution is 9.10. The summed E-state index contributed by atoms with van der Waals surface area (Å²) in [5, 5.41) is 0.203. The third-order valence-corrected chi connectivity index (χ3v) is 2.90. The molecule has 0 unspecified atom stereocenters. The van der Waals surface area contributed by atoms with Crippen molar-refractivity contribution in [3.8, 4) is 11.3 Å². The van der Waals surface area contributed by atoms with Crippen molar-refractivity contribution in [1.29, 1.82) is 0 Å². The molecule has 2 rings (SSSR count). The van der Waals surface area contributed by atoms with Crippen LogP contribution in [-0.2, 0) is 6.54 Å². The molecule has 1 aromatic heterocycles. The summed E-state index contributed by atoms with van der Waals surface area (Å²) in [5.41, 5.74) is 11.8. The van der Waals surface area contributed by atoms with Gasteiger partial charge in [0.15, 0.2) is 5.11 Å². The van der Waals surface area contributed by atoms with Crippen molar-refractivity contribution in [2.24, 2.45) is 5.73 Å². The molecule has 18 heavy (non-hydrogen) atoms. The maximum atomic E-state index is 5.69. The van der Waals surface area contributed by atoms with E-state index in [9.17, 15) is 0 Å². The van der Waals surface area contributed by atoms with Gasteiger partial charge in [-0.05, 0) is 36.5 Å². The summed E-state index contributed by atoms with van der Waals surface area (Å²) in [6.45, 7) is 0.508. The third-order valence-electron chi connectivity index (χ3n) is 2.26. The number of benzene rings is 1. The van der Waals surface area contributed by atoms with Crippen LogP contribution in [0, 0.1) is 0 Å². The van der Waals surface area contributed by atoms with Gasteiger partial charge in [0.1, 0.15) is 11.5 Å². The van der Waals surface area contributed by atoms with Crippen molar-refractivity contribution < 1.29 is 4.42 Å². The fraction of sp³-hybridized carbons (Fsp3) is 0.0833. The lowest BCUT2D eigenvalue weighted by molar-refractivity contribution is 0.485. The summed E-state index contributed by atoms with van der Waals surface area (Å²) in [7, 11) is 0. The minimum Gasteiger partial charge on any atom is -0.460 e. The first-order valence-corrected chi connectivity index (χ1v) is 6.48. The molecule has 4 nitrogen and oxygen atoms in total. The Bertz CT molecular complexity index is 539. The van der Waals surface area contributed by atoms with Crippen LogP contribution in [0.4, 0.5) is 0 Å². The maximum Gasteiger partial charge on any atom is 0.178 e. The molecule has 0 amide bonds. The van der Waals surface area contributed by atoms with Crippen LogP contribution in [0.3, 0.4) is 0 Å². The minimum absolute atomic E-state index is 0.203. The number of thiocarbonyl (C=S) groups is 1. The molecule has 1 aromatic carbocycles. The standard InChI is InChI=1S/C12H12BrN3OS/c13-9-3-1-8(2-4-9)11-6-5-10(17-11)7-15-16-12(14)18/h1-6,15H,7H2,(H3,14,16,18). The zero-order valence-electron chi connectivity index (χ0n) is 9.44. The molecule has 0 aliphatic heterocycles. The Balaban J connectivity index is 2.01. The number of nitrogens with two attached hydrogens (primary N) is 1. The molecule has 0 saturated carbocycles. The predicted octanol–water partition coefficient (Wildman–Crippen LogP) is 2.55. The summed E-state index contributed by atoms with van der Waals surface area (Å²) in [6.07, 6.45) is 0. The van der Waals surface area contributed by atoms with E-state index in [4.69, 9.17) is 10.2 Å². The largest absolute Gasteiger partial charge is 0.460 e. The van der Waals surface area contributed by atoms with Crippen molar-refractivity contribution in [3.63, 3.8) is 0 Å². The molecule has 6 heteroatoms. The Morgan fingerprint density at radius 2 is 1.94 bits per heavy atom. The lowest BCUT2D eigenvalue weighted by Gasteiger charge is -2.03. The van der Waals surface area contributed by atoms with E-state index in [1.165, 1.54) is 0 Å². The second-order valence-electron chi connectivity index (χ2n) is 3.62. The quantitative estimate of drug-likeness (QED) is 0.595. The van der Waals surface area contributed by atoms with Gasteiger partial charge in [0.05, 0.1) is 6.54 Å². The lowest BCUT2D eigenvalue weighted by Crippen LogP contribution is -2.40. The number of halogens is 1. The average molecular weight is 326 g/mol. The number of hydrogen-bond acceptors (Lipinski definition) is 3. The monoisotopic (exact) mass is 325 g/mol. The Hall–Kier alpha value is -1.37. The van der Waals surface area contributed by atoms with Crippen molar-refractivity contribution in [1.82, 2.24) is 10.9 Å². The predicted molar refractivity (Wildman–Crippen MR) is 78.6 cm³/mol. The van der Waals surface area contributed by atoms with Crippen LogP contribution in [-0.4, -0.2) is 5.11 Å². The van der Waals surface area contributed by atoms with Crippen LogP contribution < -0.4 is 16.6 Å². The Labute approximate surface area is 119 Å². The number of hydrogen-bond donors (Lipinski definition) is 3. The average Bonchev–Trinajstić information content (AvgIpc) is 2.78. The van der Waals surface area contributed by atoms with E-state index < -0.39 is 0 Å². The highest BCUT2D eigenvalue weighted by Crippen LogP contribution is 2.23. The number of furan rings is 1. The van der Waals surface area contributed by atoms with Crippen LogP contribution in [0.2, 0.25) is 0 Å². The zero-order valence-corrected chi connectivity index (χ0v) is 11.8. The van der Waals surface area contributed by atoms with Crippen molar-refractivity contribution in [3.05, 3.63) is 46.6 Å². The molecule has 0 radical (unpaired) electrons. The molecule has 1 heterocycles. The summed E-state index contributed by atoms with van der Waals surface area (Å²) in [5.74, 6) is 1.63. The second kappa shape index (κ2) is 5.99. The van der Waals surface area contributed by atoms with Gasteiger partial charge in [0.2, 0.25) is 0 Å². The van der Waals surface area contributed by atoms with E-state index in [-0.39, 0.29) is 5.11 Å². The molecular weight excluding hydrogens is 314 g/mol. The van der Waals surface area contributed by atoms with E-state index >= 15 is 0 Å². The van der Waals surface area contributed by atoms with Gasteiger partial charge in [-0.25, -0.2) is 5.43 Å². The van der Waals surface area contributed by atoms with E-state index in [0.717, 1.165) is 21.6 Å². The number of hydrazine groups is 1. The van der Waals surface area contributed by atoms with Crippen LogP contribution in [0.5, 0.6) is 0 Å². The highest BCUT2D eigenvalue weighted by atomic mass is 79.9. The molecule has 2 aromatic rings. The lowest BCUT2D eigenvalue weighted by atomic mass is 10.2. The summed E-state index contributed by atoms with van der Waals surface area (Å²) < 4.78 is 6.73. The molecule has 0 aliphatic rings. The molecular formula is C12H12BrN3OS. The second-order valence-corrected chi connectivity index (χ2v) is 4.97. The van der Waals surface area contributed by atoms with Crippen molar-refractivity contribution in [2.45, 2.75) is 6.54 Å². The van der Waals surface area contributed by atoms with Crippen LogP contribution in [0.15, 0.2) is 45.3 Å². The first-order valence-electron chi connectivity index (χ1n) is 5.28. The molecule has 0 fully saturated rings. The first-order chi connectivity index (χ1) is 8.65. The summed E-state index contributed by atoms with van der Waals surface area (Å²) in [4.78, 5) is 0. The van der Waals surface area contributed by atoms with Gasteiger partial charge in [-0.1, -0.05) is 28.1 Å². The topological polar surface area (TPSA) is 63.2 Å². The van der Waals surface area contributed by atoms with E-state index in [1.807, 2.05) is 36.4 Å². The molecule has 0 bridgehead atoms. The van der Waals surface area contributed by atoms with Gasteiger partial charge in [0, 0.05) is 10.0 Å². The number of nitrogens with one attached hydrogen (secondary N) is 2. The minimum atomic E-state index is 0.203. The van der Waals surface area contributed by atoms with E-state index in [0.29, 0.717) is 6.54 Å². The fourth-order valence-electron chi connectivity index (χ4n) is 1.46. The molecule has 0 atom stereocenters. The smallest absolute Gasteiger partial charge is 0.178 e. The molecule has 0 saturated heterocycles. The summed E-state index contributed by atoms with van der Waals surface area (Å²) >= 11 is 8.07. The summed E-state index contributed by atoms with van der Waals surface area (Å²) in [6, 6.07) is 11.8. The van der Waals surface area contributed by atoms with E-state index in [1.54, 1.807) is 0 Å². The normalized spacial score (nSPS) is 10.3. The van der Waals surface area contributed by atoms with Crippen molar-refractivity contribution in [2.75, 3.05) is 0 Å². The van der Waals surface area contributed by atoms with Gasteiger partial charge >= 0.3 is 0 Å². The maximum absolute atomic E-state index is 5.69. The van der Waals surface area contributed by atoms with Gasteiger partial charge < -0.3 is 10.2 Å². The van der Waals surface area contributed by atoms with Gasteiger partial charge in [-0.3, -0.25) is 5.43 Å². The van der Waals surface area contributed by atoms with Gasteiger partial charge in [0.25, 0.3) is 0 Å². The number of rotatable bonds is 4. The van der Waals surface area contributed by atoms with Gasteiger partial charge in [-0.15, -0.1) is 0 Å². The Morgan fingerprint density at radius 1 is 1.22 bits per heavy atom. The Morgan fingerprint density at radius 3 is 2.61 bits per heavy atom. The molecule has 0 aliphatic carbocycles. The van der Waals surface area contributed by atoms with Crippen LogP contribution >= 0.6 is 28.1 Å². The molecule has 4 N–H and O–H groups in total. The Kier molecular flexibility index (Phi) is 4.35. The van der Waals surface area contributed by atoms with Crippen molar-refractivity contribution >= 4 is 33.3 Å². The highest BCUT2D eigenvalue weighted by Gasteiger charge is 2.04. The molecule has 0 spiro atoms. The van der Waals surface area contributed by atoms with Crippen LogP contribution in [0.1, 0.15) is 5.76 Å². The fourth-order valence-corrected chi connectivity index (χ4v) is 1.80. The third kappa shape index (κ3) is 3.56. The SMILES string of the molecule is NC(=S)NNCc1ccc(-c2ccc(Br)cc2)o1. The van der Waals surface area contributed by atoms with Gasteiger partial charge in [-0.2, -0.15) is 0 Å². The van der Waals surface area contributed by atoms with E-state index in [2.05, 4.69) is 39.0 Å². The first kappa shape index (κ1) is 13.1.